The molecule has 136 valence electrons. The second kappa shape index (κ2) is 6.47. The van der Waals surface area contributed by atoms with E-state index in [0.717, 1.165) is 5.69 Å². The van der Waals surface area contributed by atoms with Crippen LogP contribution in [0, 0.1) is 0 Å². The molecular formula is C19H34N2O3+2. The Bertz CT molecular complexity index is 582. The Balaban J connectivity index is 2.87. The number of likely N-dealkylation sites (N-methyl/N-ethyl adjacent to an activating group) is 1. The molecule has 0 radical (unpaired) electrons. The lowest BCUT2D eigenvalue weighted by Gasteiger charge is -2.51. The van der Waals surface area contributed by atoms with E-state index in [1.54, 1.807) is 13.8 Å². The smallest absolute Gasteiger partial charge is 0.315 e. The van der Waals surface area contributed by atoms with E-state index in [1.165, 1.54) is 0 Å². The molecule has 0 spiro atoms. The third kappa shape index (κ3) is 3.97. The lowest BCUT2D eigenvalue weighted by molar-refractivity contribution is -1.00. The number of quaternary nitrogens is 2. The van der Waals surface area contributed by atoms with Crippen molar-refractivity contribution in [1.82, 2.24) is 4.48 Å². The van der Waals surface area contributed by atoms with E-state index in [-0.39, 0.29) is 22.5 Å². The van der Waals surface area contributed by atoms with Gasteiger partial charge in [0.05, 0.1) is 40.7 Å². The number of hydrogen-bond acceptors (Lipinski definition) is 3. The molecule has 0 saturated carbocycles. The predicted molar refractivity (Wildman–Crippen MR) is 98.7 cm³/mol. The fourth-order valence-electron chi connectivity index (χ4n) is 2.20. The van der Waals surface area contributed by atoms with Crippen molar-refractivity contribution in [3.63, 3.8) is 0 Å². The number of ether oxygens (including phenoxy) is 1. The molecule has 1 amide bonds. The highest BCUT2D eigenvalue weighted by Crippen LogP contribution is 2.30. The molecule has 1 aromatic rings. The summed E-state index contributed by atoms with van der Waals surface area (Å²) < 4.78 is 6.42. The second-order valence-corrected chi connectivity index (χ2v) is 8.60. The van der Waals surface area contributed by atoms with Gasteiger partial charge in [-0.25, -0.2) is 9.28 Å². The first-order valence-corrected chi connectivity index (χ1v) is 8.28. The number of carbonyl (C=O) groups excluding carboxylic acids is 1. The number of aliphatic hydroxyl groups is 1. The average Bonchev–Trinajstić information content (AvgIpc) is 2.44. The summed E-state index contributed by atoms with van der Waals surface area (Å²) in [6.45, 7) is 9.84. The largest absolute Gasteiger partial charge is 0.484 e. The highest BCUT2D eigenvalue weighted by atomic mass is 16.5. The Morgan fingerprint density at radius 1 is 1.04 bits per heavy atom. The van der Waals surface area contributed by atoms with E-state index < -0.39 is 5.72 Å². The van der Waals surface area contributed by atoms with Crippen molar-refractivity contribution in [2.24, 2.45) is 0 Å². The molecule has 0 aliphatic rings. The van der Waals surface area contributed by atoms with Crippen LogP contribution in [-0.2, 0) is 4.79 Å². The number of hydrogen-bond donors (Lipinski definition) is 1. The standard InChI is InChI=1S/C19H34N2O3/c1-15(22)20(6,7)16-10-12-17(13-11-16)24-14-19(5,23)21(8,9)18(2,3)4/h10-13,23H,14H2,1-9H3/q+2. The van der Waals surface area contributed by atoms with Gasteiger partial charge >= 0.3 is 5.91 Å². The van der Waals surface area contributed by atoms with E-state index in [1.807, 2.05) is 52.5 Å². The van der Waals surface area contributed by atoms with Crippen LogP contribution in [0.25, 0.3) is 0 Å². The van der Waals surface area contributed by atoms with Gasteiger partial charge in [0, 0.05) is 19.1 Å². The number of rotatable bonds is 5. The zero-order chi connectivity index (χ0) is 19.0. The van der Waals surface area contributed by atoms with E-state index in [4.69, 9.17) is 4.74 Å². The number of nitrogens with zero attached hydrogens (tertiary/aromatic N) is 2. The average molecular weight is 338 g/mol. The van der Waals surface area contributed by atoms with Crippen LogP contribution in [0.3, 0.4) is 0 Å². The summed E-state index contributed by atoms with van der Waals surface area (Å²) in [4.78, 5) is 11.7. The SMILES string of the molecule is CC(=O)[N+](C)(C)c1ccc(OCC(C)(O)[N+](C)(C)C(C)(C)C)cc1. The van der Waals surface area contributed by atoms with Gasteiger partial charge in [0.2, 0.25) is 5.72 Å². The molecule has 1 N–H and O–H groups in total. The van der Waals surface area contributed by atoms with E-state index in [9.17, 15) is 9.90 Å². The van der Waals surface area contributed by atoms with Crippen molar-refractivity contribution in [1.29, 1.82) is 0 Å². The Hall–Kier alpha value is -1.43. The van der Waals surface area contributed by atoms with Gasteiger partial charge in [0.25, 0.3) is 0 Å². The van der Waals surface area contributed by atoms with Crippen LogP contribution >= 0.6 is 0 Å². The van der Waals surface area contributed by atoms with E-state index in [0.29, 0.717) is 10.2 Å². The number of carbonyl (C=O) groups is 1. The minimum atomic E-state index is -1.04. The van der Waals surface area contributed by atoms with Crippen LogP contribution in [0.15, 0.2) is 24.3 Å². The van der Waals surface area contributed by atoms with Gasteiger partial charge in [-0.1, -0.05) is 0 Å². The molecule has 1 unspecified atom stereocenters. The van der Waals surface area contributed by atoms with Crippen LogP contribution in [0.2, 0.25) is 0 Å². The Kier molecular flexibility index (Phi) is 5.55. The molecule has 0 aliphatic heterocycles. The molecule has 0 heterocycles. The molecule has 5 nitrogen and oxygen atoms in total. The summed E-state index contributed by atoms with van der Waals surface area (Å²) >= 11 is 0. The quantitative estimate of drug-likeness (QED) is 0.663. The molecule has 0 aromatic heterocycles. The predicted octanol–water partition coefficient (Wildman–Crippen LogP) is 2.76. The minimum absolute atomic E-state index is 0.0656. The Morgan fingerprint density at radius 2 is 1.50 bits per heavy atom. The van der Waals surface area contributed by atoms with Crippen molar-refractivity contribution < 1.29 is 19.1 Å². The van der Waals surface area contributed by atoms with Gasteiger partial charge in [0.1, 0.15) is 11.4 Å². The maximum Gasteiger partial charge on any atom is 0.315 e. The summed E-state index contributed by atoms with van der Waals surface area (Å²) in [5.41, 5.74) is -0.266. The highest BCUT2D eigenvalue weighted by molar-refractivity contribution is 5.85. The highest BCUT2D eigenvalue weighted by Gasteiger charge is 2.48. The van der Waals surface area contributed by atoms with E-state index >= 15 is 0 Å². The monoisotopic (exact) mass is 338 g/mol. The van der Waals surface area contributed by atoms with E-state index in [2.05, 4.69) is 20.8 Å². The lowest BCUT2D eigenvalue weighted by Crippen LogP contribution is -2.68. The van der Waals surface area contributed by atoms with Crippen molar-refractivity contribution >= 4 is 11.6 Å². The van der Waals surface area contributed by atoms with Crippen LogP contribution in [0.4, 0.5) is 5.69 Å². The topological polar surface area (TPSA) is 46.5 Å². The van der Waals surface area contributed by atoms with Gasteiger partial charge in [-0.3, -0.25) is 4.48 Å². The molecule has 0 fully saturated rings. The zero-order valence-electron chi connectivity index (χ0n) is 16.7. The summed E-state index contributed by atoms with van der Waals surface area (Å²) in [6.07, 6.45) is 0. The fourth-order valence-corrected chi connectivity index (χ4v) is 2.20. The van der Waals surface area contributed by atoms with Gasteiger partial charge in [0.15, 0.2) is 6.61 Å². The maximum absolute atomic E-state index is 11.7. The third-order valence-electron chi connectivity index (χ3n) is 5.66. The van der Waals surface area contributed by atoms with Crippen molar-refractivity contribution in [2.75, 3.05) is 34.8 Å². The van der Waals surface area contributed by atoms with Crippen LogP contribution in [0.1, 0.15) is 34.6 Å². The van der Waals surface area contributed by atoms with Crippen molar-refractivity contribution in [2.45, 2.75) is 45.9 Å². The summed E-state index contributed by atoms with van der Waals surface area (Å²) in [5.74, 6) is 0.743. The van der Waals surface area contributed by atoms with Gasteiger partial charge < -0.3 is 9.84 Å². The molecule has 0 bridgehead atoms. The molecule has 1 rings (SSSR count). The third-order valence-corrected chi connectivity index (χ3v) is 5.66. The Labute approximate surface area is 146 Å². The van der Waals surface area contributed by atoms with Gasteiger partial charge in [-0.05, 0) is 32.9 Å². The van der Waals surface area contributed by atoms with Crippen LogP contribution in [-0.4, -0.2) is 61.6 Å². The molecule has 5 heteroatoms. The first kappa shape index (κ1) is 20.6. The number of benzene rings is 1. The molecule has 0 saturated heterocycles. The number of amides is 1. The van der Waals surface area contributed by atoms with Crippen molar-refractivity contribution in [3.05, 3.63) is 24.3 Å². The first-order valence-electron chi connectivity index (χ1n) is 8.28. The second-order valence-electron chi connectivity index (χ2n) is 8.60. The molecule has 1 aromatic carbocycles. The maximum atomic E-state index is 11.7. The zero-order valence-corrected chi connectivity index (χ0v) is 16.7. The van der Waals surface area contributed by atoms with Crippen LogP contribution in [0.5, 0.6) is 5.75 Å². The van der Waals surface area contributed by atoms with Crippen LogP contribution < -0.4 is 9.22 Å². The first-order chi connectivity index (χ1) is 10.6. The minimum Gasteiger partial charge on any atom is -0.484 e. The lowest BCUT2D eigenvalue weighted by atomic mass is 9.98. The Morgan fingerprint density at radius 3 is 1.88 bits per heavy atom. The fraction of sp³-hybridized carbons (Fsp3) is 0.632. The van der Waals surface area contributed by atoms with Gasteiger partial charge in [-0.2, -0.15) is 0 Å². The molecule has 1 atom stereocenters. The molecular weight excluding hydrogens is 304 g/mol. The molecule has 24 heavy (non-hydrogen) atoms. The normalized spacial score (nSPS) is 15.8. The van der Waals surface area contributed by atoms with Gasteiger partial charge in [-0.15, -0.1) is 0 Å². The summed E-state index contributed by atoms with van der Waals surface area (Å²) in [5, 5.41) is 10.9. The summed E-state index contributed by atoms with van der Waals surface area (Å²) in [6, 6.07) is 7.45. The summed E-state index contributed by atoms with van der Waals surface area (Å²) in [7, 11) is 7.71. The van der Waals surface area contributed by atoms with Crippen molar-refractivity contribution in [3.8, 4) is 5.75 Å². The molecule has 0 aliphatic carbocycles.